The van der Waals surface area contributed by atoms with Gasteiger partial charge in [0.2, 0.25) is 5.28 Å². The third-order valence-corrected chi connectivity index (χ3v) is 3.70. The summed E-state index contributed by atoms with van der Waals surface area (Å²) in [4.78, 5) is 18.7. The highest BCUT2D eigenvalue weighted by atomic mass is 35.5. The van der Waals surface area contributed by atoms with Crippen molar-refractivity contribution in [3.63, 3.8) is 0 Å². The molecule has 0 spiro atoms. The topological polar surface area (TPSA) is 45.8 Å². The second-order valence-corrected chi connectivity index (χ2v) is 4.99. The third-order valence-electron chi connectivity index (χ3n) is 3.52. The maximum absolute atomic E-state index is 11.9. The molecule has 1 N–H and O–H groups in total. The Morgan fingerprint density at radius 1 is 1.28 bits per heavy atom. The van der Waals surface area contributed by atoms with E-state index in [2.05, 4.69) is 22.1 Å². The molecule has 1 aliphatic carbocycles. The molecule has 3 nitrogen and oxygen atoms in total. The minimum Gasteiger partial charge on any atom is -0.297 e. The number of aryl methyl sites for hydroxylation is 1. The molecule has 0 radical (unpaired) electrons. The Kier molecular flexibility index (Phi) is 2.92. The van der Waals surface area contributed by atoms with E-state index < -0.39 is 0 Å². The quantitative estimate of drug-likeness (QED) is 0.802. The van der Waals surface area contributed by atoms with E-state index in [0.717, 1.165) is 30.5 Å². The zero-order valence-electron chi connectivity index (χ0n) is 9.82. The summed E-state index contributed by atoms with van der Waals surface area (Å²) in [7, 11) is 0. The SMILES string of the molecule is O=c1[nH]c(Cl)nc2c1C[C@H](c1ccccc1)CC2. The zero-order valence-corrected chi connectivity index (χ0v) is 10.6. The molecule has 92 valence electrons. The molecule has 0 saturated carbocycles. The van der Waals surface area contributed by atoms with E-state index in [4.69, 9.17) is 11.6 Å². The van der Waals surface area contributed by atoms with Crippen LogP contribution < -0.4 is 5.56 Å². The highest BCUT2D eigenvalue weighted by molar-refractivity contribution is 6.28. The molecular weight excluding hydrogens is 248 g/mol. The third kappa shape index (κ3) is 2.06. The Hall–Kier alpha value is -1.61. The lowest BCUT2D eigenvalue weighted by atomic mass is 9.83. The van der Waals surface area contributed by atoms with Crippen LogP contribution >= 0.6 is 11.6 Å². The summed E-state index contributed by atoms with van der Waals surface area (Å²) < 4.78 is 0. The number of hydrogen-bond donors (Lipinski definition) is 1. The number of halogens is 1. The number of H-pyrrole nitrogens is 1. The molecule has 1 aromatic carbocycles. The van der Waals surface area contributed by atoms with Crippen molar-refractivity contribution in [2.24, 2.45) is 0 Å². The first-order chi connectivity index (χ1) is 8.74. The van der Waals surface area contributed by atoms with Gasteiger partial charge < -0.3 is 0 Å². The lowest BCUT2D eigenvalue weighted by Gasteiger charge is -2.23. The van der Waals surface area contributed by atoms with E-state index in [1.54, 1.807) is 0 Å². The minimum absolute atomic E-state index is 0.0920. The molecule has 18 heavy (non-hydrogen) atoms. The molecule has 0 aliphatic heterocycles. The van der Waals surface area contributed by atoms with Gasteiger partial charge in [0.15, 0.2) is 0 Å². The van der Waals surface area contributed by atoms with Crippen LogP contribution in [0.5, 0.6) is 0 Å². The van der Waals surface area contributed by atoms with Crippen LogP contribution in [0.3, 0.4) is 0 Å². The van der Waals surface area contributed by atoms with Crippen LogP contribution in [0.15, 0.2) is 35.1 Å². The van der Waals surface area contributed by atoms with Gasteiger partial charge in [0, 0.05) is 5.56 Å². The van der Waals surface area contributed by atoms with E-state index in [0.29, 0.717) is 5.92 Å². The second kappa shape index (κ2) is 4.58. The van der Waals surface area contributed by atoms with Crippen molar-refractivity contribution in [3.8, 4) is 0 Å². The second-order valence-electron chi connectivity index (χ2n) is 4.63. The number of nitrogens with one attached hydrogen (secondary N) is 1. The van der Waals surface area contributed by atoms with Gasteiger partial charge in [-0.2, -0.15) is 0 Å². The van der Waals surface area contributed by atoms with Crippen LogP contribution in [0, 0.1) is 0 Å². The first kappa shape index (κ1) is 11.5. The number of fused-ring (bicyclic) bond motifs is 1. The average molecular weight is 261 g/mol. The van der Waals surface area contributed by atoms with Crippen molar-refractivity contribution in [1.82, 2.24) is 9.97 Å². The van der Waals surface area contributed by atoms with Gasteiger partial charge >= 0.3 is 0 Å². The Bertz CT molecular complexity index is 621. The summed E-state index contributed by atoms with van der Waals surface area (Å²) in [5.41, 5.74) is 2.85. The first-order valence-corrected chi connectivity index (χ1v) is 6.44. The monoisotopic (exact) mass is 260 g/mol. The summed E-state index contributed by atoms with van der Waals surface area (Å²) in [6.07, 6.45) is 2.58. The highest BCUT2D eigenvalue weighted by Gasteiger charge is 2.23. The fourth-order valence-corrected chi connectivity index (χ4v) is 2.79. The van der Waals surface area contributed by atoms with Crippen molar-refractivity contribution in [3.05, 3.63) is 62.8 Å². The van der Waals surface area contributed by atoms with Crippen molar-refractivity contribution in [1.29, 1.82) is 0 Å². The molecule has 0 unspecified atom stereocenters. The number of benzene rings is 1. The minimum atomic E-state index is -0.0920. The van der Waals surface area contributed by atoms with E-state index in [-0.39, 0.29) is 10.8 Å². The van der Waals surface area contributed by atoms with E-state index in [1.165, 1.54) is 5.56 Å². The number of nitrogens with zero attached hydrogens (tertiary/aromatic N) is 1. The van der Waals surface area contributed by atoms with Crippen LogP contribution in [0.4, 0.5) is 0 Å². The van der Waals surface area contributed by atoms with Gasteiger partial charge in [0.25, 0.3) is 5.56 Å². The van der Waals surface area contributed by atoms with Crippen LogP contribution in [0.25, 0.3) is 0 Å². The summed E-state index contributed by atoms with van der Waals surface area (Å²) in [6, 6.07) is 10.3. The molecule has 2 aromatic rings. The fourth-order valence-electron chi connectivity index (χ4n) is 2.60. The van der Waals surface area contributed by atoms with Gasteiger partial charge in [0.05, 0.1) is 5.69 Å². The van der Waals surface area contributed by atoms with E-state index in [1.807, 2.05) is 18.2 Å². The van der Waals surface area contributed by atoms with Gasteiger partial charge in [0.1, 0.15) is 0 Å². The molecule has 3 rings (SSSR count). The Labute approximate surface area is 110 Å². The number of aromatic amines is 1. The average Bonchev–Trinajstić information content (AvgIpc) is 2.39. The van der Waals surface area contributed by atoms with Gasteiger partial charge in [-0.3, -0.25) is 9.78 Å². The van der Waals surface area contributed by atoms with Crippen LogP contribution in [-0.4, -0.2) is 9.97 Å². The number of aromatic nitrogens is 2. The van der Waals surface area contributed by atoms with Crippen molar-refractivity contribution in [2.75, 3.05) is 0 Å². The molecular formula is C14H13ClN2O. The maximum Gasteiger partial charge on any atom is 0.255 e. The Balaban J connectivity index is 1.97. The van der Waals surface area contributed by atoms with Crippen molar-refractivity contribution < 1.29 is 0 Å². The van der Waals surface area contributed by atoms with Crippen molar-refractivity contribution >= 4 is 11.6 Å². The smallest absolute Gasteiger partial charge is 0.255 e. The largest absolute Gasteiger partial charge is 0.297 e. The predicted molar refractivity (Wildman–Crippen MR) is 71.1 cm³/mol. The van der Waals surface area contributed by atoms with Gasteiger partial charge in [-0.05, 0) is 42.3 Å². The molecule has 0 fully saturated rings. The summed E-state index contributed by atoms with van der Waals surface area (Å²) >= 11 is 5.77. The number of hydrogen-bond acceptors (Lipinski definition) is 2. The summed E-state index contributed by atoms with van der Waals surface area (Å²) in [5.74, 6) is 0.405. The Morgan fingerprint density at radius 3 is 2.83 bits per heavy atom. The molecule has 1 aromatic heterocycles. The van der Waals surface area contributed by atoms with Crippen LogP contribution in [0.2, 0.25) is 5.28 Å². The lowest BCUT2D eigenvalue weighted by Crippen LogP contribution is -2.24. The molecule has 4 heteroatoms. The van der Waals surface area contributed by atoms with Crippen molar-refractivity contribution in [2.45, 2.75) is 25.2 Å². The summed E-state index contributed by atoms with van der Waals surface area (Å²) in [5, 5.41) is 0.192. The van der Waals surface area contributed by atoms with E-state index in [9.17, 15) is 4.79 Å². The standard InChI is InChI=1S/C14H13ClN2O/c15-14-16-12-7-6-10(8-11(12)13(18)17-14)9-4-2-1-3-5-9/h1-5,10H,6-8H2,(H,16,17,18)/t10-/m1/s1. The predicted octanol–water partition coefficient (Wildman–Crippen LogP) is 2.70. The number of rotatable bonds is 1. The van der Waals surface area contributed by atoms with E-state index >= 15 is 0 Å². The molecule has 1 heterocycles. The highest BCUT2D eigenvalue weighted by Crippen LogP contribution is 2.30. The fraction of sp³-hybridized carbons (Fsp3) is 0.286. The van der Waals surface area contributed by atoms with Crippen LogP contribution in [-0.2, 0) is 12.8 Å². The maximum atomic E-state index is 11.9. The molecule has 0 saturated heterocycles. The summed E-state index contributed by atoms with van der Waals surface area (Å²) in [6.45, 7) is 0. The molecule has 0 bridgehead atoms. The van der Waals surface area contributed by atoms with Gasteiger partial charge in [-0.25, -0.2) is 4.98 Å². The van der Waals surface area contributed by atoms with Gasteiger partial charge in [-0.15, -0.1) is 0 Å². The van der Waals surface area contributed by atoms with Crippen LogP contribution in [0.1, 0.15) is 29.2 Å². The molecule has 0 amide bonds. The normalized spacial score (nSPS) is 18.4. The lowest BCUT2D eigenvalue weighted by molar-refractivity contribution is 0.567. The molecule has 1 aliphatic rings. The van der Waals surface area contributed by atoms with Gasteiger partial charge in [-0.1, -0.05) is 30.3 Å². The molecule has 1 atom stereocenters. The Morgan fingerprint density at radius 2 is 2.06 bits per heavy atom. The zero-order chi connectivity index (χ0) is 12.5. The first-order valence-electron chi connectivity index (χ1n) is 6.06.